The van der Waals surface area contributed by atoms with Crippen molar-refractivity contribution in [2.45, 2.75) is 24.7 Å². The molecule has 2 aliphatic rings. The van der Waals surface area contributed by atoms with Gasteiger partial charge in [0.15, 0.2) is 0 Å². The second-order valence-corrected chi connectivity index (χ2v) is 12.1. The summed E-state index contributed by atoms with van der Waals surface area (Å²) in [5, 5.41) is 8.79. The van der Waals surface area contributed by atoms with E-state index in [9.17, 15) is 26.4 Å². The van der Waals surface area contributed by atoms with Crippen LogP contribution in [0.5, 0.6) is 5.75 Å². The summed E-state index contributed by atoms with van der Waals surface area (Å²) in [6.07, 6.45) is -2.77. The molecule has 15 heteroatoms. The molecule has 2 atom stereocenters. The number of piperazine rings is 1. The van der Waals surface area contributed by atoms with Crippen LogP contribution in [0.4, 0.5) is 36.3 Å². The van der Waals surface area contributed by atoms with Gasteiger partial charge < -0.3 is 25.6 Å². The maximum atomic E-state index is 14.1. The number of hydrogen-bond acceptors (Lipinski definition) is 9. The van der Waals surface area contributed by atoms with Crippen LogP contribution in [0.25, 0.3) is 0 Å². The molecule has 0 unspecified atom stereocenters. The zero-order chi connectivity index (χ0) is 30.2. The molecule has 3 N–H and O–H groups in total. The molecule has 42 heavy (non-hydrogen) atoms. The minimum absolute atomic E-state index is 0.0975. The maximum absolute atomic E-state index is 14.1. The predicted molar refractivity (Wildman–Crippen MR) is 151 cm³/mol. The standard InChI is InChI=1S/C27H30F3N7O4S/c1-36(42(3,39)40)24-18-7-5-4-6-16(18)12-21(24)33-25-19(27(28,29)30)14-32-26(35-25)34-20-9-8-17(13-22(20)41-2)37-11-10-31-15-23(37)38/h4-9,13-14,21,24,31H,10-12,15H2,1-3H3,(H2,32,33,34,35)/t21-,24-/m1/s1. The highest BCUT2D eigenvalue weighted by Gasteiger charge is 2.41. The first-order chi connectivity index (χ1) is 19.9. The van der Waals surface area contributed by atoms with Crippen molar-refractivity contribution in [2.24, 2.45) is 0 Å². The van der Waals surface area contributed by atoms with Gasteiger partial charge in [-0.3, -0.25) is 4.79 Å². The molecule has 2 heterocycles. The largest absolute Gasteiger partial charge is 0.494 e. The van der Waals surface area contributed by atoms with E-state index >= 15 is 0 Å². The van der Waals surface area contributed by atoms with E-state index in [1.807, 2.05) is 6.07 Å². The number of anilines is 4. The molecule has 1 aliphatic heterocycles. The van der Waals surface area contributed by atoms with Crippen LogP contribution in [0.3, 0.4) is 0 Å². The number of rotatable bonds is 8. The van der Waals surface area contributed by atoms with Crippen molar-refractivity contribution in [1.82, 2.24) is 19.6 Å². The third-order valence-corrected chi connectivity index (χ3v) is 8.63. The molecule has 1 aliphatic carbocycles. The summed E-state index contributed by atoms with van der Waals surface area (Å²) >= 11 is 0. The highest BCUT2D eigenvalue weighted by molar-refractivity contribution is 7.88. The number of sulfonamides is 1. The van der Waals surface area contributed by atoms with Gasteiger partial charge in [0.1, 0.15) is 17.1 Å². The van der Waals surface area contributed by atoms with Crippen LogP contribution in [-0.4, -0.2) is 74.7 Å². The van der Waals surface area contributed by atoms with Crippen molar-refractivity contribution in [3.05, 3.63) is 65.4 Å². The van der Waals surface area contributed by atoms with Crippen molar-refractivity contribution in [2.75, 3.05) is 55.6 Å². The molecule has 1 aromatic heterocycles. The Kier molecular flexibility index (Phi) is 8.00. The summed E-state index contributed by atoms with van der Waals surface area (Å²) in [6, 6.07) is 10.6. The first-order valence-corrected chi connectivity index (χ1v) is 14.9. The highest BCUT2D eigenvalue weighted by atomic mass is 32.2. The number of carbonyl (C=O) groups is 1. The second kappa shape index (κ2) is 11.4. The molecule has 5 rings (SSSR count). The van der Waals surface area contributed by atoms with Gasteiger partial charge in [-0.2, -0.15) is 22.5 Å². The lowest BCUT2D eigenvalue weighted by Crippen LogP contribution is -2.48. The van der Waals surface area contributed by atoms with Crippen molar-refractivity contribution in [1.29, 1.82) is 0 Å². The van der Waals surface area contributed by atoms with Gasteiger partial charge in [0.05, 0.1) is 37.7 Å². The fraction of sp³-hybridized carbons (Fsp3) is 0.370. The molecule has 1 saturated heterocycles. The van der Waals surface area contributed by atoms with Gasteiger partial charge in [-0.1, -0.05) is 24.3 Å². The molecule has 0 spiro atoms. The molecule has 3 aromatic rings. The number of nitrogens with zero attached hydrogens (tertiary/aromatic N) is 4. The van der Waals surface area contributed by atoms with Crippen molar-refractivity contribution < 1.29 is 31.1 Å². The normalized spacial score (nSPS) is 19.1. The zero-order valence-electron chi connectivity index (χ0n) is 23.1. The van der Waals surface area contributed by atoms with Gasteiger partial charge in [0.25, 0.3) is 0 Å². The lowest BCUT2D eigenvalue weighted by Gasteiger charge is -2.30. The summed E-state index contributed by atoms with van der Waals surface area (Å²) < 4.78 is 73.7. The molecule has 2 aromatic carbocycles. The summed E-state index contributed by atoms with van der Waals surface area (Å²) in [5.41, 5.74) is 1.42. The van der Waals surface area contributed by atoms with Crippen molar-refractivity contribution >= 4 is 39.1 Å². The number of aromatic nitrogens is 2. The summed E-state index contributed by atoms with van der Waals surface area (Å²) in [7, 11) is -0.848. The van der Waals surface area contributed by atoms with Gasteiger partial charge in [-0.15, -0.1) is 0 Å². The Hall–Kier alpha value is -3.95. The number of methoxy groups -OCH3 is 1. The molecule has 224 valence electrons. The van der Waals surface area contributed by atoms with E-state index in [0.717, 1.165) is 16.1 Å². The van der Waals surface area contributed by atoms with E-state index in [1.54, 1.807) is 41.3 Å². The van der Waals surface area contributed by atoms with E-state index in [4.69, 9.17) is 4.74 Å². The average molecular weight is 606 g/mol. The number of nitrogens with one attached hydrogen (secondary N) is 3. The number of halogens is 3. The molecular formula is C27H30F3N7O4S. The SMILES string of the molecule is COc1cc(N2CCNCC2=O)ccc1Nc1ncc(C(F)(F)F)c(N[C@@H]2Cc3ccccc3[C@H]2N(C)S(C)(=O)=O)n1. The van der Waals surface area contributed by atoms with Gasteiger partial charge in [-0.25, -0.2) is 13.4 Å². The Morgan fingerprint density at radius 2 is 1.95 bits per heavy atom. The molecule has 0 bridgehead atoms. The lowest BCUT2D eigenvalue weighted by molar-refractivity contribution is -0.137. The van der Waals surface area contributed by atoms with Crippen LogP contribution < -0.4 is 25.6 Å². The monoisotopic (exact) mass is 605 g/mol. The van der Waals surface area contributed by atoms with Gasteiger partial charge >= 0.3 is 6.18 Å². The third-order valence-electron chi connectivity index (χ3n) is 7.36. The van der Waals surface area contributed by atoms with E-state index < -0.39 is 39.7 Å². The number of ether oxygens (including phenoxy) is 1. The number of likely N-dealkylation sites (N-methyl/N-ethyl adjacent to an activating group) is 1. The highest BCUT2D eigenvalue weighted by Crippen LogP contribution is 2.41. The van der Waals surface area contributed by atoms with Crippen LogP contribution in [0, 0.1) is 0 Å². The molecule has 11 nitrogen and oxygen atoms in total. The molecule has 1 fully saturated rings. The van der Waals surface area contributed by atoms with Crippen molar-refractivity contribution in [3.8, 4) is 5.75 Å². The lowest BCUT2D eigenvalue weighted by atomic mass is 10.1. The van der Waals surface area contributed by atoms with Crippen LogP contribution in [-0.2, 0) is 27.4 Å². The Balaban J connectivity index is 1.47. The Labute approximate surface area is 241 Å². The van der Waals surface area contributed by atoms with E-state index in [0.29, 0.717) is 42.0 Å². The van der Waals surface area contributed by atoms with Gasteiger partial charge in [-0.05, 0) is 29.7 Å². The molecule has 0 radical (unpaired) electrons. The van der Waals surface area contributed by atoms with Crippen molar-refractivity contribution in [3.63, 3.8) is 0 Å². The first-order valence-electron chi connectivity index (χ1n) is 13.0. The maximum Gasteiger partial charge on any atom is 0.421 e. The molecule has 0 saturated carbocycles. The third kappa shape index (κ3) is 5.98. The van der Waals surface area contributed by atoms with Gasteiger partial charge in [0, 0.05) is 38.1 Å². The van der Waals surface area contributed by atoms with Gasteiger partial charge in [0.2, 0.25) is 21.9 Å². The fourth-order valence-electron chi connectivity index (χ4n) is 5.25. The van der Waals surface area contributed by atoms with E-state index in [1.165, 1.54) is 14.2 Å². The number of benzene rings is 2. The summed E-state index contributed by atoms with van der Waals surface area (Å²) in [5.74, 6) is -0.400. The minimum Gasteiger partial charge on any atom is -0.494 e. The Bertz CT molecular complexity index is 1600. The quantitative estimate of drug-likeness (QED) is 0.355. The number of amides is 1. The number of hydrogen-bond donors (Lipinski definition) is 3. The Morgan fingerprint density at radius 1 is 1.19 bits per heavy atom. The van der Waals surface area contributed by atoms with E-state index in [-0.39, 0.29) is 24.8 Å². The number of fused-ring (bicyclic) bond motifs is 1. The Morgan fingerprint density at radius 3 is 2.64 bits per heavy atom. The average Bonchev–Trinajstić information content (AvgIpc) is 3.29. The number of alkyl halides is 3. The summed E-state index contributed by atoms with van der Waals surface area (Å²) in [6.45, 7) is 1.33. The summed E-state index contributed by atoms with van der Waals surface area (Å²) in [4.78, 5) is 22.0. The second-order valence-electron chi connectivity index (χ2n) is 10.1. The van der Waals surface area contributed by atoms with Crippen LogP contribution in [0.15, 0.2) is 48.7 Å². The van der Waals surface area contributed by atoms with Crippen LogP contribution in [0.1, 0.15) is 22.7 Å². The minimum atomic E-state index is -4.78. The molecular weight excluding hydrogens is 575 g/mol. The van der Waals surface area contributed by atoms with Crippen LogP contribution >= 0.6 is 0 Å². The fourth-order valence-corrected chi connectivity index (χ4v) is 5.92. The first kappa shape index (κ1) is 29.5. The topological polar surface area (TPSA) is 129 Å². The zero-order valence-corrected chi connectivity index (χ0v) is 23.9. The van der Waals surface area contributed by atoms with E-state index in [2.05, 4.69) is 25.9 Å². The number of carbonyl (C=O) groups excluding carboxylic acids is 1. The predicted octanol–water partition coefficient (Wildman–Crippen LogP) is 3.15. The van der Waals surface area contributed by atoms with Crippen LogP contribution in [0.2, 0.25) is 0 Å². The smallest absolute Gasteiger partial charge is 0.421 e. The molecule has 1 amide bonds.